The molecule has 0 bridgehead atoms. The number of carbonyl (C=O) groups is 1. The molecule has 3 nitrogen and oxygen atoms in total. The van der Waals surface area contributed by atoms with Crippen molar-refractivity contribution in [2.75, 3.05) is 5.32 Å². The van der Waals surface area contributed by atoms with Gasteiger partial charge in [-0.3, -0.25) is 4.79 Å². The number of anilines is 1. The second-order valence-electron chi connectivity index (χ2n) is 4.34. The standard InChI is InChI=1S/C11H11BrN2O/c1-6-7(12)5-13-9-8(6)11(3-2-4-11)10(15)14-9/h5H,2-4H2,1H3,(H,13,14,15). The zero-order chi connectivity index (χ0) is 10.6. The third kappa shape index (κ3) is 1.00. The molecule has 2 aliphatic rings. The maximum atomic E-state index is 11.9. The smallest absolute Gasteiger partial charge is 0.236 e. The Bertz CT molecular complexity index is 466. The monoisotopic (exact) mass is 266 g/mol. The number of aromatic nitrogens is 1. The van der Waals surface area contributed by atoms with Crippen molar-refractivity contribution in [1.82, 2.24) is 4.98 Å². The molecule has 1 fully saturated rings. The first-order valence-corrected chi connectivity index (χ1v) is 5.91. The van der Waals surface area contributed by atoms with Crippen molar-refractivity contribution in [3.8, 4) is 0 Å². The summed E-state index contributed by atoms with van der Waals surface area (Å²) in [6.07, 6.45) is 4.82. The van der Waals surface area contributed by atoms with E-state index in [0.717, 1.165) is 40.7 Å². The van der Waals surface area contributed by atoms with Gasteiger partial charge in [0.1, 0.15) is 5.82 Å². The van der Waals surface area contributed by atoms with Crippen LogP contribution in [-0.4, -0.2) is 10.9 Å². The number of hydrogen-bond acceptors (Lipinski definition) is 2. The fraction of sp³-hybridized carbons (Fsp3) is 0.455. The van der Waals surface area contributed by atoms with Gasteiger partial charge in [-0.2, -0.15) is 0 Å². The van der Waals surface area contributed by atoms with Crippen molar-refractivity contribution in [1.29, 1.82) is 0 Å². The lowest BCUT2D eigenvalue weighted by molar-refractivity contribution is -0.123. The molecule has 0 radical (unpaired) electrons. The third-order valence-corrected chi connectivity index (χ3v) is 4.43. The van der Waals surface area contributed by atoms with E-state index in [1.165, 1.54) is 0 Å². The molecule has 2 heterocycles. The number of rotatable bonds is 0. The maximum Gasteiger partial charge on any atom is 0.236 e. The van der Waals surface area contributed by atoms with Gasteiger partial charge in [-0.1, -0.05) is 6.42 Å². The van der Waals surface area contributed by atoms with Gasteiger partial charge >= 0.3 is 0 Å². The third-order valence-electron chi connectivity index (χ3n) is 3.63. The molecule has 1 spiro atoms. The van der Waals surface area contributed by atoms with Crippen LogP contribution in [0.15, 0.2) is 10.7 Å². The first-order valence-electron chi connectivity index (χ1n) is 5.12. The lowest BCUT2D eigenvalue weighted by Crippen LogP contribution is -2.41. The second-order valence-corrected chi connectivity index (χ2v) is 5.20. The SMILES string of the molecule is Cc1c(Br)cnc2c1C1(CCC1)C(=O)N2. The summed E-state index contributed by atoms with van der Waals surface area (Å²) in [5.41, 5.74) is 2.02. The molecule has 1 amide bonds. The fourth-order valence-electron chi connectivity index (χ4n) is 2.61. The van der Waals surface area contributed by atoms with Crippen molar-refractivity contribution >= 4 is 27.7 Å². The van der Waals surface area contributed by atoms with Gasteiger partial charge in [0.05, 0.1) is 5.41 Å². The Morgan fingerprint density at radius 3 is 2.87 bits per heavy atom. The highest BCUT2D eigenvalue weighted by Gasteiger charge is 2.52. The van der Waals surface area contributed by atoms with Crippen LogP contribution < -0.4 is 5.32 Å². The van der Waals surface area contributed by atoms with Gasteiger partial charge in [0, 0.05) is 16.2 Å². The Morgan fingerprint density at radius 2 is 2.27 bits per heavy atom. The minimum Gasteiger partial charge on any atom is -0.310 e. The number of hydrogen-bond donors (Lipinski definition) is 1. The van der Waals surface area contributed by atoms with Gasteiger partial charge in [-0.25, -0.2) is 4.98 Å². The summed E-state index contributed by atoms with van der Waals surface area (Å²) in [6, 6.07) is 0. The molecule has 78 valence electrons. The predicted octanol–water partition coefficient (Wildman–Crippen LogP) is 2.53. The minimum atomic E-state index is -0.254. The molecule has 4 heteroatoms. The number of halogens is 1. The number of nitrogens with one attached hydrogen (secondary N) is 1. The Balaban J connectivity index is 2.27. The molecule has 1 aromatic rings. The van der Waals surface area contributed by atoms with Gasteiger partial charge in [-0.05, 0) is 41.3 Å². The van der Waals surface area contributed by atoms with E-state index in [4.69, 9.17) is 0 Å². The fourth-order valence-corrected chi connectivity index (χ4v) is 2.91. The molecule has 1 saturated carbocycles. The van der Waals surface area contributed by atoms with Gasteiger partial charge in [0.2, 0.25) is 5.91 Å². The van der Waals surface area contributed by atoms with Gasteiger partial charge < -0.3 is 5.32 Å². The summed E-state index contributed by atoms with van der Waals surface area (Å²) in [6.45, 7) is 2.05. The molecule has 1 aromatic heterocycles. The molecule has 15 heavy (non-hydrogen) atoms. The maximum absolute atomic E-state index is 11.9. The van der Waals surface area contributed by atoms with E-state index in [1.807, 2.05) is 6.92 Å². The lowest BCUT2D eigenvalue weighted by Gasteiger charge is -2.36. The van der Waals surface area contributed by atoms with Crippen LogP contribution in [0.25, 0.3) is 0 Å². The van der Waals surface area contributed by atoms with Gasteiger partial charge in [-0.15, -0.1) is 0 Å². The molecule has 3 rings (SSSR count). The molecule has 0 aromatic carbocycles. The Hall–Kier alpha value is -0.900. The summed E-state index contributed by atoms with van der Waals surface area (Å²) in [4.78, 5) is 16.2. The number of nitrogens with zero attached hydrogens (tertiary/aromatic N) is 1. The second kappa shape index (κ2) is 2.82. The summed E-state index contributed by atoms with van der Waals surface area (Å²) in [5, 5.41) is 2.89. The summed E-state index contributed by atoms with van der Waals surface area (Å²) in [5.74, 6) is 0.901. The van der Waals surface area contributed by atoms with E-state index in [-0.39, 0.29) is 11.3 Å². The van der Waals surface area contributed by atoms with Crippen LogP contribution >= 0.6 is 15.9 Å². The van der Waals surface area contributed by atoms with Crippen LogP contribution in [0.1, 0.15) is 30.4 Å². The molecule has 1 aliphatic heterocycles. The summed E-state index contributed by atoms with van der Waals surface area (Å²) >= 11 is 3.47. The molecule has 1 aliphatic carbocycles. The van der Waals surface area contributed by atoms with Crippen molar-refractivity contribution < 1.29 is 4.79 Å². The first kappa shape index (κ1) is 9.33. The summed E-state index contributed by atoms with van der Waals surface area (Å²) < 4.78 is 0.990. The topological polar surface area (TPSA) is 42.0 Å². The van der Waals surface area contributed by atoms with Crippen molar-refractivity contribution in [3.05, 3.63) is 21.8 Å². The van der Waals surface area contributed by atoms with Crippen molar-refractivity contribution in [3.63, 3.8) is 0 Å². The minimum absolute atomic E-state index is 0.137. The van der Waals surface area contributed by atoms with E-state index in [2.05, 4.69) is 26.2 Å². The predicted molar refractivity (Wildman–Crippen MR) is 60.8 cm³/mol. The molecule has 1 N–H and O–H groups in total. The van der Waals surface area contributed by atoms with E-state index in [1.54, 1.807) is 6.20 Å². The van der Waals surface area contributed by atoms with E-state index in [0.29, 0.717) is 0 Å². The quantitative estimate of drug-likeness (QED) is 0.784. The van der Waals surface area contributed by atoms with E-state index < -0.39 is 0 Å². The zero-order valence-electron chi connectivity index (χ0n) is 8.43. The van der Waals surface area contributed by atoms with Crippen molar-refractivity contribution in [2.24, 2.45) is 0 Å². The molecule has 0 unspecified atom stereocenters. The Labute approximate surface area is 96.4 Å². The highest BCUT2D eigenvalue weighted by atomic mass is 79.9. The lowest BCUT2D eigenvalue weighted by atomic mass is 9.64. The zero-order valence-corrected chi connectivity index (χ0v) is 10.0. The van der Waals surface area contributed by atoms with Crippen LogP contribution in [-0.2, 0) is 10.2 Å². The van der Waals surface area contributed by atoms with Crippen LogP contribution in [0.4, 0.5) is 5.82 Å². The number of carbonyl (C=O) groups excluding carboxylic acids is 1. The normalized spacial score (nSPS) is 21.1. The molecule has 0 atom stereocenters. The molecule has 0 saturated heterocycles. The average Bonchev–Trinajstić information content (AvgIpc) is 2.44. The van der Waals surface area contributed by atoms with Crippen LogP contribution in [0.3, 0.4) is 0 Å². The van der Waals surface area contributed by atoms with Crippen molar-refractivity contribution in [2.45, 2.75) is 31.6 Å². The molecular weight excluding hydrogens is 256 g/mol. The Kier molecular flexibility index (Phi) is 1.75. The van der Waals surface area contributed by atoms with Gasteiger partial charge in [0.15, 0.2) is 0 Å². The Morgan fingerprint density at radius 1 is 1.53 bits per heavy atom. The highest BCUT2D eigenvalue weighted by molar-refractivity contribution is 9.10. The first-order chi connectivity index (χ1) is 7.15. The average molecular weight is 267 g/mol. The summed E-state index contributed by atoms with van der Waals surface area (Å²) in [7, 11) is 0. The number of pyridine rings is 1. The van der Waals surface area contributed by atoms with Crippen LogP contribution in [0.2, 0.25) is 0 Å². The number of fused-ring (bicyclic) bond motifs is 2. The largest absolute Gasteiger partial charge is 0.310 e. The van der Waals surface area contributed by atoms with E-state index in [9.17, 15) is 4.79 Å². The molecular formula is C11H11BrN2O. The highest BCUT2D eigenvalue weighted by Crippen LogP contribution is 2.52. The van der Waals surface area contributed by atoms with Gasteiger partial charge in [0.25, 0.3) is 0 Å². The van der Waals surface area contributed by atoms with E-state index >= 15 is 0 Å². The van der Waals surface area contributed by atoms with Crippen LogP contribution in [0, 0.1) is 6.92 Å². The van der Waals surface area contributed by atoms with Crippen LogP contribution in [0.5, 0.6) is 0 Å². The number of amides is 1.